The Kier molecular flexibility index (Phi) is 11.7. The zero-order valence-corrected chi connectivity index (χ0v) is 37.7. The largest absolute Gasteiger partial charge is 0.497 e. The molecule has 5 atom stereocenters. The van der Waals surface area contributed by atoms with Gasteiger partial charge in [0.1, 0.15) is 29.8 Å². The number of nitro groups is 1. The summed E-state index contributed by atoms with van der Waals surface area (Å²) < 4.78 is 35.5. The van der Waals surface area contributed by atoms with Gasteiger partial charge in [-0.2, -0.15) is 4.99 Å². The van der Waals surface area contributed by atoms with Crippen LogP contribution in [0.3, 0.4) is 0 Å². The molecule has 1 unspecified atom stereocenters. The maximum absolute atomic E-state index is 12.2. The molecule has 2 aliphatic rings. The van der Waals surface area contributed by atoms with Gasteiger partial charge in [-0.1, -0.05) is 62.3 Å². The average molecular weight is 793 g/mol. The van der Waals surface area contributed by atoms with Crippen molar-refractivity contribution in [2.24, 2.45) is 10.7 Å². The number of imidazole rings is 1. The van der Waals surface area contributed by atoms with E-state index in [4.69, 9.17) is 28.5 Å². The van der Waals surface area contributed by atoms with Crippen LogP contribution in [0.4, 0.5) is 11.5 Å². The number of guanidine groups is 1. The normalized spacial score (nSPS) is 24.4. The second kappa shape index (κ2) is 14.5. The van der Waals surface area contributed by atoms with Crippen LogP contribution in [0, 0.1) is 10.1 Å². The summed E-state index contributed by atoms with van der Waals surface area (Å²) in [6.45, 7) is 33.4. The highest BCUT2D eigenvalue weighted by molar-refractivity contribution is 6.75. The zero-order chi connectivity index (χ0) is 40.3. The molecule has 0 saturated carbocycles. The van der Waals surface area contributed by atoms with E-state index < -0.39 is 60.1 Å². The highest BCUT2D eigenvalue weighted by Crippen LogP contribution is 2.48. The Balaban J connectivity index is 1.88. The summed E-state index contributed by atoms with van der Waals surface area (Å²) in [4.78, 5) is 20.8. The molecule has 0 amide bonds. The fourth-order valence-corrected chi connectivity index (χ4v) is 9.26. The van der Waals surface area contributed by atoms with Crippen molar-refractivity contribution in [2.45, 2.75) is 153 Å². The first kappa shape index (κ1) is 43.1. The van der Waals surface area contributed by atoms with E-state index in [0.29, 0.717) is 12.4 Å². The van der Waals surface area contributed by atoms with E-state index in [-0.39, 0.29) is 50.3 Å². The number of fused-ring (bicyclic) bond motifs is 1. The van der Waals surface area contributed by atoms with Crippen molar-refractivity contribution in [1.82, 2.24) is 14.9 Å². The Labute approximate surface area is 318 Å². The SMILES string of the molecule is COc1ccc([N+](=O)[O-])c(CC2(O)NC(N)=Nc3c2ncn3[C@@H]2O[C@H](CO[Si](C)(C)C(C)(C)C)[C@@H](O[Si](C)(C)C(C)(C)C)[C@H]2O[Si](C)(C)C(C)(C)C)c1. The lowest BCUT2D eigenvalue weighted by atomic mass is 9.96. The minimum Gasteiger partial charge on any atom is -0.497 e. The van der Waals surface area contributed by atoms with E-state index in [1.165, 1.54) is 25.3 Å². The molecular weight excluding hydrogens is 729 g/mol. The van der Waals surface area contributed by atoms with Gasteiger partial charge >= 0.3 is 0 Å². The van der Waals surface area contributed by atoms with E-state index in [0.717, 1.165) is 0 Å². The summed E-state index contributed by atoms with van der Waals surface area (Å²) in [5.41, 5.74) is 4.58. The smallest absolute Gasteiger partial charge is 0.273 e. The number of nitrogens with zero attached hydrogens (tertiary/aromatic N) is 4. The molecule has 298 valence electrons. The first-order chi connectivity index (χ1) is 23.9. The van der Waals surface area contributed by atoms with Crippen molar-refractivity contribution in [1.29, 1.82) is 0 Å². The summed E-state index contributed by atoms with van der Waals surface area (Å²) in [5.74, 6) is 0.570. The van der Waals surface area contributed by atoms with Gasteiger partial charge in [0.25, 0.3) is 5.69 Å². The number of aliphatic hydroxyl groups is 1. The van der Waals surface area contributed by atoms with Gasteiger partial charge in [-0.05, 0) is 66.5 Å². The lowest BCUT2D eigenvalue weighted by Gasteiger charge is -2.44. The number of rotatable bonds is 12. The predicted octanol–water partition coefficient (Wildman–Crippen LogP) is 7.44. The molecule has 1 saturated heterocycles. The van der Waals surface area contributed by atoms with Crippen molar-refractivity contribution in [3.05, 3.63) is 45.9 Å². The number of hydrogen-bond acceptors (Lipinski definition) is 12. The van der Waals surface area contributed by atoms with Crippen molar-refractivity contribution < 1.29 is 32.8 Å². The van der Waals surface area contributed by atoms with Gasteiger partial charge in [-0.3, -0.25) is 14.7 Å². The molecule has 53 heavy (non-hydrogen) atoms. The molecule has 0 spiro atoms. The van der Waals surface area contributed by atoms with Gasteiger partial charge in [0, 0.05) is 18.1 Å². The van der Waals surface area contributed by atoms with Crippen molar-refractivity contribution >= 4 is 42.4 Å². The zero-order valence-electron chi connectivity index (χ0n) is 34.7. The van der Waals surface area contributed by atoms with Crippen LogP contribution < -0.4 is 15.8 Å². The van der Waals surface area contributed by atoms with Crippen LogP contribution in [0.2, 0.25) is 54.4 Å². The molecule has 1 aromatic heterocycles. The van der Waals surface area contributed by atoms with E-state index in [9.17, 15) is 15.2 Å². The molecular formula is C36H64N6O8Si3. The van der Waals surface area contributed by atoms with Gasteiger partial charge in [0.05, 0.1) is 25.0 Å². The quantitative estimate of drug-likeness (QED) is 0.111. The minimum absolute atomic E-state index is 0.0250. The molecule has 3 heterocycles. The van der Waals surface area contributed by atoms with Crippen molar-refractivity contribution in [2.75, 3.05) is 13.7 Å². The van der Waals surface area contributed by atoms with Crippen LogP contribution in [0.25, 0.3) is 0 Å². The molecule has 1 aromatic carbocycles. The predicted molar refractivity (Wildman–Crippen MR) is 215 cm³/mol. The van der Waals surface area contributed by atoms with Crippen molar-refractivity contribution in [3.63, 3.8) is 0 Å². The lowest BCUT2D eigenvalue weighted by molar-refractivity contribution is -0.385. The molecule has 17 heteroatoms. The van der Waals surface area contributed by atoms with Gasteiger partial charge < -0.3 is 38.9 Å². The number of methoxy groups -OCH3 is 1. The first-order valence-corrected chi connectivity index (χ1v) is 27.1. The molecule has 2 aliphatic heterocycles. The van der Waals surface area contributed by atoms with Crippen molar-refractivity contribution in [3.8, 4) is 5.75 Å². The molecule has 0 aliphatic carbocycles. The highest BCUT2D eigenvalue weighted by Gasteiger charge is 2.56. The van der Waals surface area contributed by atoms with Crippen LogP contribution in [0.5, 0.6) is 5.75 Å². The van der Waals surface area contributed by atoms with E-state index in [2.05, 4.69) is 117 Å². The maximum Gasteiger partial charge on any atom is 0.273 e. The molecule has 14 nitrogen and oxygen atoms in total. The molecule has 0 bridgehead atoms. The third kappa shape index (κ3) is 8.77. The number of aromatic nitrogens is 2. The first-order valence-electron chi connectivity index (χ1n) is 18.3. The molecule has 0 radical (unpaired) electrons. The molecule has 1 fully saturated rings. The van der Waals surface area contributed by atoms with Crippen LogP contribution in [-0.2, 0) is 30.2 Å². The topological polar surface area (TPSA) is 178 Å². The maximum atomic E-state index is 12.2. The van der Waals surface area contributed by atoms with Crippen LogP contribution in [0.15, 0.2) is 29.5 Å². The Morgan fingerprint density at radius 1 is 0.962 bits per heavy atom. The summed E-state index contributed by atoms with van der Waals surface area (Å²) >= 11 is 0. The third-order valence-corrected chi connectivity index (χ3v) is 25.5. The van der Waals surface area contributed by atoms with E-state index >= 15 is 0 Å². The van der Waals surface area contributed by atoms with Crippen LogP contribution in [-0.4, -0.2) is 82.5 Å². The van der Waals surface area contributed by atoms with Gasteiger partial charge in [-0.25, -0.2) is 4.98 Å². The Morgan fingerprint density at radius 3 is 2.02 bits per heavy atom. The lowest BCUT2D eigenvalue weighted by Crippen LogP contribution is -2.54. The Bertz CT molecular complexity index is 1690. The number of hydrogen-bond donors (Lipinski definition) is 3. The fourth-order valence-electron chi connectivity index (χ4n) is 5.64. The molecule has 2 aromatic rings. The van der Waals surface area contributed by atoms with Crippen LogP contribution >= 0.6 is 0 Å². The Morgan fingerprint density at radius 2 is 1.51 bits per heavy atom. The summed E-state index contributed by atoms with van der Waals surface area (Å²) in [7, 11) is -5.61. The molecule has 4 N–H and O–H groups in total. The van der Waals surface area contributed by atoms with E-state index in [1.807, 2.05) is 0 Å². The number of aliphatic imine (C=N–C) groups is 1. The fraction of sp³-hybridized carbons (Fsp3) is 0.722. The second-order valence-electron chi connectivity index (χ2n) is 19.1. The van der Waals surface area contributed by atoms with Gasteiger partial charge in [-0.15, -0.1) is 0 Å². The number of benzene rings is 1. The second-order valence-corrected chi connectivity index (χ2v) is 33.4. The van der Waals surface area contributed by atoms with Gasteiger partial charge in [0.2, 0.25) is 0 Å². The van der Waals surface area contributed by atoms with Gasteiger partial charge in [0.15, 0.2) is 48.7 Å². The van der Waals surface area contributed by atoms with Crippen LogP contribution in [0.1, 0.15) is 79.8 Å². The monoisotopic (exact) mass is 792 g/mol. The average Bonchev–Trinajstić information content (AvgIpc) is 3.55. The summed E-state index contributed by atoms with van der Waals surface area (Å²) in [6.07, 6.45) is -1.08. The van der Waals surface area contributed by atoms with E-state index in [1.54, 1.807) is 10.9 Å². The number of nitro benzene ring substituents is 1. The minimum atomic E-state index is -2.47. The Hall–Kier alpha value is -2.65. The third-order valence-electron chi connectivity index (χ3n) is 12.1. The molecule has 4 rings (SSSR count). The number of ether oxygens (including phenoxy) is 2. The summed E-state index contributed by atoms with van der Waals surface area (Å²) in [5, 5.41) is 26.8. The number of nitrogens with two attached hydrogens (primary N) is 1. The summed E-state index contributed by atoms with van der Waals surface area (Å²) in [6, 6.07) is 4.37. The highest BCUT2D eigenvalue weighted by atomic mass is 28.4. The number of nitrogens with one attached hydrogen (secondary N) is 1. The standard InChI is InChI=1S/C36H64N6O8Si3/c1-33(2,3)51(11,12)47-21-26-27(49-52(13,14)34(4,5)6)28(50-53(15,16)35(7,8)9)31(48-26)41-22-38-29-30(41)39-32(37)40-36(29,43)20-23-19-24(46-10)17-18-25(23)42(44)45/h17-19,22,26-28,31,43H,20-21H2,1-16H3,(H3,37,39,40)/t26-,27-,28-,31-,36?/m1/s1.